The molecule has 1 aromatic carbocycles. The lowest BCUT2D eigenvalue weighted by molar-refractivity contribution is 0.0783. The average molecular weight is 472 g/mol. The molecule has 0 unspecified atom stereocenters. The maximum atomic E-state index is 12.4. The Morgan fingerprint density at radius 3 is 2.54 bits per heavy atom. The molecule has 0 saturated heterocycles. The standard InChI is InChI=1S/C16H14N2O2.C11H10O4/c1-18(11-14-4-2-3-8-17-14)16(19)13-5-6-15-12(10-13)7-9-20-15;1-6-9(12)7(2)11(13)15-10(6)8-4-3-5-14-8/h2-10H,11H2,1H3;3-5,12H,1-2H3. The van der Waals surface area contributed by atoms with Crippen LogP contribution in [0, 0.1) is 13.8 Å². The summed E-state index contributed by atoms with van der Waals surface area (Å²) in [4.78, 5) is 29.6. The largest absolute Gasteiger partial charge is 0.507 e. The van der Waals surface area contributed by atoms with E-state index in [1.165, 1.54) is 13.2 Å². The minimum absolute atomic E-state index is 0.0289. The smallest absolute Gasteiger partial charge is 0.343 e. The van der Waals surface area contributed by atoms with Crippen molar-refractivity contribution in [1.82, 2.24) is 9.88 Å². The summed E-state index contributed by atoms with van der Waals surface area (Å²) >= 11 is 0. The van der Waals surface area contributed by atoms with E-state index in [2.05, 4.69) is 4.98 Å². The van der Waals surface area contributed by atoms with Crippen LogP contribution in [0.15, 0.2) is 91.4 Å². The maximum absolute atomic E-state index is 12.4. The molecule has 8 heteroatoms. The van der Waals surface area contributed by atoms with Crippen LogP contribution in [-0.2, 0) is 6.54 Å². The van der Waals surface area contributed by atoms with Gasteiger partial charge in [0.1, 0.15) is 11.3 Å². The van der Waals surface area contributed by atoms with Crippen molar-refractivity contribution >= 4 is 16.9 Å². The second-order valence-corrected chi connectivity index (χ2v) is 7.95. The molecule has 0 aliphatic rings. The summed E-state index contributed by atoms with van der Waals surface area (Å²) in [7, 11) is 1.77. The molecular formula is C27H24N2O6. The van der Waals surface area contributed by atoms with E-state index in [1.54, 1.807) is 49.5 Å². The number of carbonyl (C=O) groups is 1. The molecule has 0 fully saturated rings. The highest BCUT2D eigenvalue weighted by molar-refractivity contribution is 5.97. The highest BCUT2D eigenvalue weighted by Crippen LogP contribution is 2.29. The molecule has 0 bridgehead atoms. The Balaban J connectivity index is 0.000000172. The molecule has 0 radical (unpaired) electrons. The van der Waals surface area contributed by atoms with Gasteiger partial charge in [-0.25, -0.2) is 4.79 Å². The molecule has 178 valence electrons. The molecule has 0 atom stereocenters. The molecule has 35 heavy (non-hydrogen) atoms. The van der Waals surface area contributed by atoms with E-state index in [0.717, 1.165) is 16.7 Å². The lowest BCUT2D eigenvalue weighted by atomic mass is 10.1. The van der Waals surface area contributed by atoms with Crippen molar-refractivity contribution < 1.29 is 23.2 Å². The van der Waals surface area contributed by atoms with E-state index in [-0.39, 0.29) is 23.0 Å². The number of rotatable bonds is 4. The average Bonchev–Trinajstić information content (AvgIpc) is 3.57. The van der Waals surface area contributed by atoms with Gasteiger partial charge in [0.05, 0.1) is 30.3 Å². The van der Waals surface area contributed by atoms with Crippen molar-refractivity contribution in [2.75, 3.05) is 7.05 Å². The van der Waals surface area contributed by atoms with Crippen LogP contribution >= 0.6 is 0 Å². The van der Waals surface area contributed by atoms with Gasteiger partial charge in [0.15, 0.2) is 11.5 Å². The lowest BCUT2D eigenvalue weighted by Crippen LogP contribution is -2.26. The molecule has 0 aliphatic carbocycles. The van der Waals surface area contributed by atoms with E-state index in [0.29, 0.717) is 23.4 Å². The molecule has 0 saturated carbocycles. The molecule has 5 aromatic rings. The van der Waals surface area contributed by atoms with E-state index in [9.17, 15) is 14.7 Å². The lowest BCUT2D eigenvalue weighted by Gasteiger charge is -2.16. The van der Waals surface area contributed by atoms with Gasteiger partial charge >= 0.3 is 5.63 Å². The fourth-order valence-electron chi connectivity index (χ4n) is 3.50. The number of furan rings is 2. The predicted molar refractivity (Wildman–Crippen MR) is 130 cm³/mol. The molecule has 1 amide bonds. The summed E-state index contributed by atoms with van der Waals surface area (Å²) in [6.07, 6.45) is 4.83. The minimum Gasteiger partial charge on any atom is -0.507 e. The third-order valence-corrected chi connectivity index (χ3v) is 5.47. The van der Waals surface area contributed by atoms with Gasteiger partial charge in [0.2, 0.25) is 0 Å². The predicted octanol–water partition coefficient (Wildman–Crippen LogP) is 5.32. The van der Waals surface area contributed by atoms with Crippen LogP contribution < -0.4 is 5.63 Å². The van der Waals surface area contributed by atoms with Crippen molar-refractivity contribution in [3.05, 3.63) is 106 Å². The first-order valence-corrected chi connectivity index (χ1v) is 10.8. The highest BCUT2D eigenvalue weighted by atomic mass is 16.4. The number of benzene rings is 1. The van der Waals surface area contributed by atoms with E-state index < -0.39 is 5.63 Å². The quantitative estimate of drug-likeness (QED) is 0.377. The Morgan fingerprint density at radius 1 is 1.00 bits per heavy atom. The molecular weight excluding hydrogens is 448 g/mol. The zero-order valence-corrected chi connectivity index (χ0v) is 19.5. The van der Waals surface area contributed by atoms with Gasteiger partial charge in [-0.15, -0.1) is 0 Å². The van der Waals surface area contributed by atoms with Gasteiger partial charge in [-0.1, -0.05) is 6.07 Å². The first-order valence-electron chi connectivity index (χ1n) is 10.8. The Bertz CT molecular complexity index is 1500. The first-order chi connectivity index (χ1) is 16.8. The van der Waals surface area contributed by atoms with E-state index in [4.69, 9.17) is 13.3 Å². The third kappa shape index (κ3) is 5.16. The number of carbonyl (C=O) groups excluding carboxylic acids is 1. The van der Waals surface area contributed by atoms with E-state index >= 15 is 0 Å². The minimum atomic E-state index is -0.551. The molecule has 1 N–H and O–H groups in total. The van der Waals surface area contributed by atoms with Crippen molar-refractivity contribution in [3.8, 4) is 17.3 Å². The van der Waals surface area contributed by atoms with Gasteiger partial charge in [0, 0.05) is 29.8 Å². The van der Waals surface area contributed by atoms with Crippen LogP contribution in [-0.4, -0.2) is 27.9 Å². The van der Waals surface area contributed by atoms with Gasteiger partial charge in [-0.2, -0.15) is 0 Å². The Hall–Kier alpha value is -4.59. The van der Waals surface area contributed by atoms with Crippen LogP contribution in [0.5, 0.6) is 5.75 Å². The third-order valence-electron chi connectivity index (χ3n) is 5.47. The molecule has 4 aromatic heterocycles. The molecule has 4 heterocycles. The fourth-order valence-corrected chi connectivity index (χ4v) is 3.50. The summed E-state index contributed by atoms with van der Waals surface area (Å²) in [6.45, 7) is 3.67. The van der Waals surface area contributed by atoms with Crippen LogP contribution in [0.1, 0.15) is 27.2 Å². The Labute approximate surface area is 201 Å². The van der Waals surface area contributed by atoms with Crippen molar-refractivity contribution in [2.24, 2.45) is 0 Å². The zero-order chi connectivity index (χ0) is 24.9. The van der Waals surface area contributed by atoms with Crippen molar-refractivity contribution in [2.45, 2.75) is 20.4 Å². The number of fused-ring (bicyclic) bond motifs is 1. The normalized spacial score (nSPS) is 10.6. The summed E-state index contributed by atoms with van der Waals surface area (Å²) in [6, 6.07) is 16.3. The van der Waals surface area contributed by atoms with E-state index in [1.807, 2.05) is 36.4 Å². The number of hydrogen-bond donors (Lipinski definition) is 1. The summed E-state index contributed by atoms with van der Waals surface area (Å²) in [5, 5.41) is 10.6. The van der Waals surface area contributed by atoms with Crippen molar-refractivity contribution in [1.29, 1.82) is 0 Å². The number of hydrogen-bond acceptors (Lipinski definition) is 7. The van der Waals surface area contributed by atoms with Crippen molar-refractivity contribution in [3.63, 3.8) is 0 Å². The number of aromatic nitrogens is 1. The summed E-state index contributed by atoms with van der Waals surface area (Å²) < 4.78 is 15.4. The summed E-state index contributed by atoms with van der Waals surface area (Å²) in [5.41, 5.74) is 2.47. The molecule has 0 aliphatic heterocycles. The fraction of sp³-hybridized carbons (Fsp3) is 0.148. The Morgan fingerprint density at radius 2 is 1.83 bits per heavy atom. The van der Waals surface area contributed by atoms with Gasteiger partial charge in [-0.3, -0.25) is 9.78 Å². The van der Waals surface area contributed by atoms with Gasteiger partial charge in [-0.05, 0) is 62.4 Å². The number of nitrogens with zero attached hydrogens (tertiary/aromatic N) is 2. The van der Waals surface area contributed by atoms with Crippen LogP contribution in [0.25, 0.3) is 22.5 Å². The topological polar surface area (TPSA) is 110 Å². The SMILES string of the molecule is CN(Cc1ccccn1)C(=O)c1ccc2occc2c1.Cc1c(-c2ccco2)oc(=O)c(C)c1O. The second-order valence-electron chi connectivity index (χ2n) is 7.95. The maximum Gasteiger partial charge on any atom is 0.343 e. The zero-order valence-electron chi connectivity index (χ0n) is 19.5. The second kappa shape index (κ2) is 10.1. The highest BCUT2D eigenvalue weighted by Gasteiger charge is 2.16. The van der Waals surface area contributed by atoms with Crippen LogP contribution in [0.2, 0.25) is 0 Å². The Kier molecular flexibility index (Phi) is 6.82. The number of pyridine rings is 1. The summed E-state index contributed by atoms with van der Waals surface area (Å²) in [5.74, 6) is 0.629. The number of aromatic hydroxyl groups is 1. The van der Waals surface area contributed by atoms with Crippen LogP contribution in [0.3, 0.4) is 0 Å². The first kappa shape index (κ1) is 23.6. The van der Waals surface area contributed by atoms with Gasteiger partial charge in [0.25, 0.3) is 5.91 Å². The van der Waals surface area contributed by atoms with Gasteiger partial charge < -0.3 is 23.3 Å². The van der Waals surface area contributed by atoms with Crippen LogP contribution in [0.4, 0.5) is 0 Å². The molecule has 8 nitrogen and oxygen atoms in total. The monoisotopic (exact) mass is 472 g/mol. The molecule has 0 spiro atoms. The number of amides is 1. The molecule has 5 rings (SSSR count).